The summed E-state index contributed by atoms with van der Waals surface area (Å²) in [5.74, 6) is -0.591. The molecule has 25 heavy (non-hydrogen) atoms. The molecule has 0 bridgehead atoms. The van der Waals surface area contributed by atoms with Crippen LogP contribution in [0.4, 0.5) is 5.13 Å². The molecule has 0 fully saturated rings. The Labute approximate surface area is 148 Å². The van der Waals surface area contributed by atoms with Crippen LogP contribution in [-0.2, 0) is 6.42 Å². The minimum absolute atomic E-state index is 0.184. The molecule has 1 amide bonds. The number of carbonyl (C=O) groups excluding carboxylic acids is 1. The standard InChI is InChI=1S/C17H17N5O2S/c1-3-5-14-19-20-17(25-14)18-16(24)15-13(23)8-9-22(21-15)12-7-4-6-11(2)10-12/h4,6-10H,3,5H2,1-2H3,(H,18,20,24). The number of nitrogens with one attached hydrogen (secondary N) is 1. The summed E-state index contributed by atoms with van der Waals surface area (Å²) in [7, 11) is 0. The van der Waals surface area contributed by atoms with Gasteiger partial charge in [-0.1, -0.05) is 30.4 Å². The zero-order chi connectivity index (χ0) is 17.8. The van der Waals surface area contributed by atoms with E-state index in [9.17, 15) is 9.59 Å². The second-order valence-electron chi connectivity index (χ2n) is 5.52. The fraction of sp³-hybridized carbons (Fsp3) is 0.235. The molecule has 0 aliphatic rings. The molecule has 1 N–H and O–H groups in total. The summed E-state index contributed by atoms with van der Waals surface area (Å²) >= 11 is 1.30. The van der Waals surface area contributed by atoms with E-state index in [-0.39, 0.29) is 5.69 Å². The molecule has 0 radical (unpaired) electrons. The summed E-state index contributed by atoms with van der Waals surface area (Å²) in [5, 5.41) is 15.9. The van der Waals surface area contributed by atoms with E-state index in [4.69, 9.17) is 0 Å². The summed E-state index contributed by atoms with van der Waals surface area (Å²) in [5.41, 5.74) is 1.20. The quantitative estimate of drug-likeness (QED) is 0.760. The smallest absolute Gasteiger partial charge is 0.282 e. The number of carbonyl (C=O) groups is 1. The monoisotopic (exact) mass is 355 g/mol. The lowest BCUT2D eigenvalue weighted by molar-refractivity contribution is 0.101. The van der Waals surface area contributed by atoms with E-state index in [2.05, 4.69) is 20.6 Å². The third kappa shape index (κ3) is 3.97. The Morgan fingerprint density at radius 3 is 2.88 bits per heavy atom. The lowest BCUT2D eigenvalue weighted by atomic mass is 10.2. The van der Waals surface area contributed by atoms with Crippen LogP contribution in [-0.4, -0.2) is 25.9 Å². The van der Waals surface area contributed by atoms with E-state index in [0.29, 0.717) is 5.13 Å². The largest absolute Gasteiger partial charge is 0.295 e. The molecule has 1 aromatic carbocycles. The SMILES string of the molecule is CCCc1nnc(NC(=O)c2nn(-c3cccc(C)c3)ccc2=O)s1. The Kier molecular flexibility index (Phi) is 4.99. The Balaban J connectivity index is 1.86. The first-order chi connectivity index (χ1) is 12.1. The van der Waals surface area contributed by atoms with E-state index in [1.807, 2.05) is 38.1 Å². The van der Waals surface area contributed by atoms with Crippen molar-refractivity contribution >= 4 is 22.4 Å². The van der Waals surface area contributed by atoms with Gasteiger partial charge in [0.25, 0.3) is 5.91 Å². The lowest BCUT2D eigenvalue weighted by Crippen LogP contribution is -2.25. The average molecular weight is 355 g/mol. The molecular weight excluding hydrogens is 338 g/mol. The van der Waals surface area contributed by atoms with Crippen molar-refractivity contribution < 1.29 is 4.79 Å². The van der Waals surface area contributed by atoms with Gasteiger partial charge in [0, 0.05) is 18.7 Å². The summed E-state index contributed by atoms with van der Waals surface area (Å²) in [4.78, 5) is 24.4. The molecule has 0 saturated heterocycles. The molecule has 0 spiro atoms. The topological polar surface area (TPSA) is 89.8 Å². The Bertz CT molecular complexity index is 963. The van der Waals surface area contributed by atoms with Gasteiger partial charge in [0.05, 0.1) is 5.69 Å². The summed E-state index contributed by atoms with van der Waals surface area (Å²) < 4.78 is 1.51. The molecule has 8 heteroatoms. The van der Waals surface area contributed by atoms with Crippen LogP contribution in [0.25, 0.3) is 5.69 Å². The van der Waals surface area contributed by atoms with Crippen LogP contribution < -0.4 is 10.7 Å². The number of amides is 1. The maximum Gasteiger partial charge on any atom is 0.282 e. The van der Waals surface area contributed by atoms with Crippen LogP contribution in [0.1, 0.15) is 34.4 Å². The number of hydrogen-bond donors (Lipinski definition) is 1. The number of anilines is 1. The molecule has 7 nitrogen and oxygen atoms in total. The van der Waals surface area contributed by atoms with Gasteiger partial charge in [0.2, 0.25) is 10.6 Å². The first kappa shape index (κ1) is 17.0. The Morgan fingerprint density at radius 1 is 1.28 bits per heavy atom. The average Bonchev–Trinajstić information content (AvgIpc) is 3.02. The predicted molar refractivity (Wildman–Crippen MR) is 96.4 cm³/mol. The van der Waals surface area contributed by atoms with E-state index in [1.54, 1.807) is 0 Å². The normalized spacial score (nSPS) is 10.6. The fourth-order valence-electron chi connectivity index (χ4n) is 2.25. The van der Waals surface area contributed by atoms with E-state index in [0.717, 1.165) is 29.1 Å². The second-order valence-corrected chi connectivity index (χ2v) is 6.58. The first-order valence-corrected chi connectivity index (χ1v) is 8.69. The van der Waals surface area contributed by atoms with Crippen molar-refractivity contribution in [2.75, 3.05) is 5.32 Å². The van der Waals surface area contributed by atoms with E-state index < -0.39 is 11.3 Å². The summed E-state index contributed by atoms with van der Waals surface area (Å²) in [6.07, 6.45) is 3.29. The molecule has 0 atom stereocenters. The molecule has 3 aromatic rings. The molecule has 3 rings (SSSR count). The third-order valence-corrected chi connectivity index (χ3v) is 4.34. The number of nitrogens with zero attached hydrogens (tertiary/aromatic N) is 4. The summed E-state index contributed by atoms with van der Waals surface area (Å²) in [6, 6.07) is 8.95. The van der Waals surface area contributed by atoms with Crippen molar-refractivity contribution in [1.29, 1.82) is 0 Å². The molecule has 0 saturated carbocycles. The van der Waals surface area contributed by atoms with Crippen molar-refractivity contribution in [2.24, 2.45) is 0 Å². The van der Waals surface area contributed by atoms with Crippen molar-refractivity contribution in [2.45, 2.75) is 26.7 Å². The van der Waals surface area contributed by atoms with Crippen LogP contribution in [0, 0.1) is 6.92 Å². The maximum atomic E-state index is 12.4. The highest BCUT2D eigenvalue weighted by atomic mass is 32.1. The minimum atomic E-state index is -0.591. The van der Waals surface area contributed by atoms with Crippen molar-refractivity contribution in [3.63, 3.8) is 0 Å². The molecule has 2 aromatic heterocycles. The second kappa shape index (κ2) is 7.35. The van der Waals surface area contributed by atoms with Crippen LogP contribution in [0.15, 0.2) is 41.3 Å². The number of hydrogen-bond acceptors (Lipinski definition) is 6. The molecular formula is C17H17N5O2S. The van der Waals surface area contributed by atoms with Gasteiger partial charge in [-0.2, -0.15) is 5.10 Å². The number of benzene rings is 1. The van der Waals surface area contributed by atoms with Gasteiger partial charge in [0.1, 0.15) is 5.01 Å². The van der Waals surface area contributed by atoms with Gasteiger partial charge in [0.15, 0.2) is 5.69 Å². The highest BCUT2D eigenvalue weighted by Gasteiger charge is 2.16. The molecule has 0 unspecified atom stereocenters. The zero-order valence-electron chi connectivity index (χ0n) is 13.9. The molecule has 2 heterocycles. The van der Waals surface area contributed by atoms with Crippen molar-refractivity contribution in [3.05, 3.63) is 63.0 Å². The fourth-order valence-corrected chi connectivity index (χ4v) is 3.09. The van der Waals surface area contributed by atoms with Gasteiger partial charge < -0.3 is 0 Å². The van der Waals surface area contributed by atoms with Gasteiger partial charge in [-0.15, -0.1) is 10.2 Å². The van der Waals surface area contributed by atoms with E-state index in [1.165, 1.54) is 28.3 Å². The van der Waals surface area contributed by atoms with Crippen LogP contribution in [0.5, 0.6) is 0 Å². The molecule has 0 aliphatic carbocycles. The van der Waals surface area contributed by atoms with Gasteiger partial charge in [-0.05, 0) is 31.0 Å². The Morgan fingerprint density at radius 2 is 2.12 bits per heavy atom. The minimum Gasteiger partial charge on any atom is -0.295 e. The number of rotatable bonds is 5. The van der Waals surface area contributed by atoms with Crippen molar-refractivity contribution in [3.8, 4) is 5.69 Å². The Hall–Kier alpha value is -2.87. The predicted octanol–water partition coefficient (Wildman–Crippen LogP) is 2.60. The van der Waals surface area contributed by atoms with Crippen LogP contribution in [0.3, 0.4) is 0 Å². The maximum absolute atomic E-state index is 12.4. The van der Waals surface area contributed by atoms with Crippen molar-refractivity contribution in [1.82, 2.24) is 20.0 Å². The van der Waals surface area contributed by atoms with Gasteiger partial charge in [-0.25, -0.2) is 4.68 Å². The van der Waals surface area contributed by atoms with Gasteiger partial charge >= 0.3 is 0 Å². The van der Waals surface area contributed by atoms with Crippen LogP contribution >= 0.6 is 11.3 Å². The van der Waals surface area contributed by atoms with Crippen LogP contribution in [0.2, 0.25) is 0 Å². The zero-order valence-corrected chi connectivity index (χ0v) is 14.7. The third-order valence-electron chi connectivity index (χ3n) is 3.44. The highest BCUT2D eigenvalue weighted by Crippen LogP contribution is 2.17. The summed E-state index contributed by atoms with van der Waals surface area (Å²) in [6.45, 7) is 4.00. The molecule has 128 valence electrons. The lowest BCUT2D eigenvalue weighted by Gasteiger charge is -2.07. The highest BCUT2D eigenvalue weighted by molar-refractivity contribution is 7.15. The number of aromatic nitrogens is 4. The van der Waals surface area contributed by atoms with Gasteiger partial charge in [-0.3, -0.25) is 14.9 Å². The molecule has 0 aliphatic heterocycles. The number of aryl methyl sites for hydroxylation is 2. The van der Waals surface area contributed by atoms with E-state index >= 15 is 0 Å². The first-order valence-electron chi connectivity index (χ1n) is 7.87.